The molecule has 0 aliphatic rings. The van der Waals surface area contributed by atoms with Gasteiger partial charge in [0.05, 0.1) is 8.22 Å². The number of para-hydroxylation sites is 1. The average molecular weight is 185 g/mol. The van der Waals surface area contributed by atoms with Crippen molar-refractivity contribution < 1.29 is 9.64 Å². The van der Waals surface area contributed by atoms with Gasteiger partial charge in [-0.15, -0.1) is 0 Å². The van der Waals surface area contributed by atoms with Gasteiger partial charge >= 0.3 is 0 Å². The zero-order valence-corrected chi connectivity index (χ0v) is 6.50. The summed E-state index contributed by atoms with van der Waals surface area (Å²) in [7, 11) is 0. The molecule has 13 heavy (non-hydrogen) atoms. The van der Waals surface area contributed by atoms with Crippen LogP contribution in [0.5, 0.6) is 0 Å². The van der Waals surface area contributed by atoms with Crippen LogP contribution in [0.2, 0.25) is 1.41 Å². The summed E-state index contributed by atoms with van der Waals surface area (Å²) in [6, 6.07) is 1.28. The number of aromatic nitrogens is 2. The monoisotopic (exact) mass is 185 g/mol. The molecule has 1 heterocycles. The van der Waals surface area contributed by atoms with Gasteiger partial charge in [-0.1, -0.05) is 18.2 Å². The minimum Gasteiger partial charge on any atom is -0.324 e. The van der Waals surface area contributed by atoms with Crippen LogP contribution >= 0.6 is 0 Å². The number of benzene rings is 1. The van der Waals surface area contributed by atoms with E-state index in [1.54, 1.807) is 0 Å². The summed E-state index contributed by atoms with van der Waals surface area (Å²) in [6.45, 7) is 0. The van der Waals surface area contributed by atoms with E-state index in [9.17, 15) is 0 Å². The first-order chi connectivity index (χ1) is 9.32. The third-order valence-electron chi connectivity index (χ3n) is 1.23. The maximum atomic E-state index is 7.84. The second-order valence-corrected chi connectivity index (χ2v) is 2.10. The lowest BCUT2D eigenvalue weighted by atomic mass is 10.3. The van der Waals surface area contributed by atoms with Crippen molar-refractivity contribution in [2.75, 3.05) is 5.31 Å². The molecule has 1 aromatic heterocycles. The van der Waals surface area contributed by atoms with Crippen LogP contribution in [-0.2, 0) is 0 Å². The van der Waals surface area contributed by atoms with Gasteiger partial charge in [-0.25, -0.2) is 9.97 Å². The molecule has 0 bridgehead atoms. The summed E-state index contributed by atoms with van der Waals surface area (Å²) in [5.74, 6) is -0.332. The van der Waals surface area contributed by atoms with Gasteiger partial charge < -0.3 is 5.31 Å². The lowest BCUT2D eigenvalue weighted by Crippen LogP contribution is -1.94. The molecule has 0 fully saturated rings. The Morgan fingerprint density at radius 3 is 2.92 bits per heavy atom. The van der Waals surface area contributed by atoms with Gasteiger partial charge in [0.15, 0.2) is 1.41 Å². The van der Waals surface area contributed by atoms with Gasteiger partial charge in [0.2, 0.25) is 5.95 Å². The lowest BCUT2D eigenvalue weighted by molar-refractivity contribution is 1.17. The van der Waals surface area contributed by atoms with Gasteiger partial charge in [0, 0.05) is 18.0 Å². The normalized spacial score (nSPS) is 17.1. The fraction of sp³-hybridized carbons (Fsp3) is 0. The van der Waals surface area contributed by atoms with Crippen LogP contribution in [0.25, 0.3) is 0 Å². The first-order valence-electron chi connectivity index (χ1n) is 6.95. The summed E-state index contributed by atoms with van der Waals surface area (Å²) >= 11 is 0. The highest BCUT2D eigenvalue weighted by Crippen LogP contribution is 2.09. The number of anilines is 2. The predicted molar refractivity (Wildman–Crippen MR) is 51.8 cm³/mol. The van der Waals surface area contributed by atoms with Crippen LogP contribution in [0.1, 0.15) is 8.22 Å². The summed E-state index contributed by atoms with van der Waals surface area (Å²) in [4.78, 5) is 7.20. The zero-order valence-electron chi connectivity index (χ0n) is 13.5. The predicted octanol–water partition coefficient (Wildman–Crippen LogP) is 2.22. The molecule has 0 saturated heterocycles. The van der Waals surface area contributed by atoms with Crippen LogP contribution < -0.4 is 5.31 Å². The molecule has 0 aliphatic heterocycles. The number of hydrogen-bond donors (Lipinski definition) is 1. The number of rotatable bonds is 2. The van der Waals surface area contributed by atoms with Gasteiger partial charge in [0.25, 0.3) is 0 Å². The molecule has 64 valence electrons. The molecule has 3 nitrogen and oxygen atoms in total. The smallest absolute Gasteiger partial charge is 0.227 e. The van der Waals surface area contributed by atoms with E-state index in [0.29, 0.717) is 5.31 Å². The van der Waals surface area contributed by atoms with Crippen molar-refractivity contribution >= 4 is 11.6 Å². The molecule has 0 saturated carbocycles. The summed E-state index contributed by atoms with van der Waals surface area (Å²) < 4.78 is 52.6. The van der Waals surface area contributed by atoms with Crippen molar-refractivity contribution in [2.24, 2.45) is 0 Å². The van der Waals surface area contributed by atoms with Gasteiger partial charge in [-0.05, 0) is 18.2 Å². The van der Waals surface area contributed by atoms with E-state index in [0.717, 1.165) is 0 Å². The van der Waals surface area contributed by atoms with Gasteiger partial charge in [-0.3, -0.25) is 0 Å². The number of nitrogens with one attached hydrogen (secondary N) is 1. The van der Waals surface area contributed by atoms with Crippen LogP contribution in [-0.4, -0.2) is 9.97 Å². The molecule has 0 unspecified atom stereocenters. The van der Waals surface area contributed by atoms with E-state index < -0.39 is 18.4 Å². The fourth-order valence-electron chi connectivity index (χ4n) is 0.733. The standard InChI is InChI=1S/C10H9N3/c1-2-5-9(6-3-1)13-10-11-7-4-8-12-10/h1-8H,(H,11,12,13)/i1T,2T,4T,5T,7T,8T/hT. The minimum absolute atomic E-state index is 0.0393. The molecule has 1 aromatic carbocycles. The number of hydrogen-bond acceptors (Lipinski definition) is 3. The molecular weight excluding hydrogens is 162 g/mol. The SMILES string of the molecule is [3H]c1ccc(N([3H])c2nc([3H])c([3H])c([3H])n2)c([3H])c1[3H]. The van der Waals surface area contributed by atoms with E-state index in [1.165, 1.54) is 12.1 Å². The number of nitrogens with zero attached hydrogens (tertiary/aromatic N) is 2. The van der Waals surface area contributed by atoms with Crippen molar-refractivity contribution in [3.8, 4) is 0 Å². The Morgan fingerprint density at radius 1 is 1.23 bits per heavy atom. The van der Waals surface area contributed by atoms with Gasteiger partial charge in [0.1, 0.15) is 0 Å². The summed E-state index contributed by atoms with van der Waals surface area (Å²) in [5, 5.41) is 0.606. The molecule has 0 amide bonds. The van der Waals surface area contributed by atoms with E-state index in [4.69, 9.17) is 9.64 Å². The molecule has 0 aliphatic carbocycles. The van der Waals surface area contributed by atoms with E-state index in [2.05, 4.69) is 9.97 Å². The topological polar surface area (TPSA) is 37.8 Å². The minimum atomic E-state index is -0.494. The Hall–Kier alpha value is -1.90. The fourth-order valence-corrected chi connectivity index (χ4v) is 0.733. The van der Waals surface area contributed by atoms with Crippen LogP contribution in [0, 0.1) is 0 Å². The Balaban J connectivity index is 2.52. The molecule has 2 rings (SSSR count). The van der Waals surface area contributed by atoms with Crippen LogP contribution in [0.4, 0.5) is 11.6 Å². The first kappa shape index (κ1) is 3.10. The molecule has 0 spiro atoms. The van der Waals surface area contributed by atoms with E-state index in [-0.39, 0.29) is 29.8 Å². The van der Waals surface area contributed by atoms with Crippen molar-refractivity contribution in [2.45, 2.75) is 0 Å². The maximum absolute atomic E-state index is 7.84. The highest BCUT2D eigenvalue weighted by Gasteiger charge is 1.92. The Labute approximate surface area is 86.4 Å². The molecule has 0 radical (unpaired) electrons. The van der Waals surface area contributed by atoms with Crippen molar-refractivity contribution in [3.05, 3.63) is 48.6 Å². The Kier molecular flexibility index (Phi) is 0.876. The Bertz CT molecular complexity index is 653. The second-order valence-electron chi connectivity index (χ2n) is 2.10. The van der Waals surface area contributed by atoms with Gasteiger partial charge in [-0.2, -0.15) is 0 Å². The summed E-state index contributed by atoms with van der Waals surface area (Å²) in [6.07, 6.45) is -0.987. The zero-order chi connectivity index (χ0) is 15.0. The quantitative estimate of drug-likeness (QED) is 0.779. The molecule has 1 N–H and O–H groups in total. The van der Waals surface area contributed by atoms with E-state index in [1.807, 2.05) is 0 Å². The van der Waals surface area contributed by atoms with Crippen molar-refractivity contribution in [3.63, 3.8) is 0 Å². The highest BCUT2D eigenvalue weighted by molar-refractivity contribution is 5.52. The second kappa shape index (κ2) is 3.67. The van der Waals surface area contributed by atoms with Crippen molar-refractivity contribution in [1.29, 1.82) is 0 Å². The molecule has 3 heteroatoms. The molecule has 0 atom stereocenters. The van der Waals surface area contributed by atoms with Crippen LogP contribution in [0.3, 0.4) is 0 Å². The third kappa shape index (κ3) is 2.02. The lowest BCUT2D eigenvalue weighted by Gasteiger charge is -2.02. The van der Waals surface area contributed by atoms with E-state index >= 15 is 0 Å². The summed E-state index contributed by atoms with van der Waals surface area (Å²) in [5.41, 5.74) is -0.0393. The van der Waals surface area contributed by atoms with Crippen molar-refractivity contribution in [1.82, 2.24) is 9.97 Å². The average Bonchev–Trinajstić information content (AvgIpc) is 2.41. The maximum Gasteiger partial charge on any atom is 0.227 e. The molecular formula is C10H9N3. The largest absolute Gasteiger partial charge is 0.324 e. The first-order valence-corrected chi connectivity index (χ1v) is 3.50. The Morgan fingerprint density at radius 2 is 2.08 bits per heavy atom. The highest BCUT2D eigenvalue weighted by atomic mass is 15.1. The van der Waals surface area contributed by atoms with Crippen LogP contribution in [0.15, 0.2) is 48.6 Å². The molecule has 2 aromatic rings. The third-order valence-corrected chi connectivity index (χ3v) is 1.23.